The van der Waals surface area contributed by atoms with Gasteiger partial charge in [-0.3, -0.25) is 9.78 Å². The molecule has 29 heavy (non-hydrogen) atoms. The molecule has 6 unspecified atom stereocenters. The summed E-state index contributed by atoms with van der Waals surface area (Å²) in [6.07, 6.45) is 13.7. The Morgan fingerprint density at radius 1 is 1.14 bits per heavy atom. The van der Waals surface area contributed by atoms with Gasteiger partial charge in [0.05, 0.1) is 0 Å². The fourth-order valence-electron chi connectivity index (χ4n) is 7.73. The summed E-state index contributed by atoms with van der Waals surface area (Å²) < 4.78 is 0. The lowest BCUT2D eigenvalue weighted by Crippen LogP contribution is -2.57. The first-order valence-electron chi connectivity index (χ1n) is 11.8. The van der Waals surface area contributed by atoms with Crippen LogP contribution in [0.3, 0.4) is 0 Å². The molecule has 1 aromatic heterocycles. The van der Waals surface area contributed by atoms with E-state index in [0.29, 0.717) is 17.8 Å². The van der Waals surface area contributed by atoms with Crippen LogP contribution in [0.5, 0.6) is 0 Å². The molecule has 4 aliphatic rings. The number of pyridine rings is 1. The first-order chi connectivity index (χ1) is 13.8. The summed E-state index contributed by atoms with van der Waals surface area (Å²) in [7, 11) is 0. The smallest absolute Gasteiger partial charge is 0.220 e. The molecule has 2 heterocycles. The predicted octanol–water partition coefficient (Wildman–Crippen LogP) is 5.58. The molecular weight excluding hydrogens is 356 g/mol. The maximum absolute atomic E-state index is 12.3. The molecule has 1 amide bonds. The highest BCUT2D eigenvalue weighted by atomic mass is 16.1. The van der Waals surface area contributed by atoms with Crippen LogP contribution in [0, 0.1) is 34.5 Å². The van der Waals surface area contributed by atoms with E-state index < -0.39 is 0 Å². The first-order valence-corrected chi connectivity index (χ1v) is 11.8. The van der Waals surface area contributed by atoms with Crippen molar-refractivity contribution in [3.8, 4) is 0 Å². The Hall–Kier alpha value is -1.64. The number of carbonyl (C=O) groups excluding carboxylic acids is 1. The van der Waals surface area contributed by atoms with E-state index in [-0.39, 0.29) is 16.7 Å². The van der Waals surface area contributed by atoms with Crippen LogP contribution in [-0.4, -0.2) is 17.4 Å². The van der Waals surface area contributed by atoms with Gasteiger partial charge in [-0.05, 0) is 95.3 Å². The highest BCUT2D eigenvalue weighted by Crippen LogP contribution is 2.66. The molecule has 1 saturated heterocycles. The van der Waals surface area contributed by atoms with Crippen LogP contribution in [0.15, 0.2) is 24.5 Å². The molecule has 2 saturated carbocycles. The van der Waals surface area contributed by atoms with Gasteiger partial charge in [-0.25, -0.2) is 0 Å². The Bertz CT molecular complexity index is 858. The monoisotopic (exact) mass is 392 g/mol. The third kappa shape index (κ3) is 2.83. The highest BCUT2D eigenvalue weighted by molar-refractivity contribution is 5.78. The van der Waals surface area contributed by atoms with Crippen LogP contribution >= 0.6 is 0 Å². The van der Waals surface area contributed by atoms with Gasteiger partial charge in [-0.1, -0.05) is 33.8 Å². The minimum Gasteiger partial charge on any atom is -0.356 e. The summed E-state index contributed by atoms with van der Waals surface area (Å²) >= 11 is 0. The van der Waals surface area contributed by atoms with Gasteiger partial charge in [0.1, 0.15) is 0 Å². The summed E-state index contributed by atoms with van der Waals surface area (Å²) in [5, 5.41) is 3.14. The maximum atomic E-state index is 12.3. The van der Waals surface area contributed by atoms with Gasteiger partial charge in [0.15, 0.2) is 0 Å². The number of amides is 1. The molecule has 3 heteroatoms. The molecule has 3 fully saturated rings. The van der Waals surface area contributed by atoms with Crippen LogP contribution in [0.1, 0.15) is 83.3 Å². The van der Waals surface area contributed by atoms with Crippen molar-refractivity contribution >= 4 is 11.5 Å². The van der Waals surface area contributed by atoms with Crippen molar-refractivity contribution < 1.29 is 4.79 Å². The fourth-order valence-corrected chi connectivity index (χ4v) is 7.73. The Labute approximate surface area is 175 Å². The number of hydrogen-bond donors (Lipinski definition) is 1. The number of rotatable bonds is 2. The van der Waals surface area contributed by atoms with E-state index in [1.54, 1.807) is 5.57 Å². The number of allylic oxidation sites excluding steroid dienone is 2. The number of fused-ring (bicyclic) bond motifs is 5. The van der Waals surface area contributed by atoms with Crippen molar-refractivity contribution in [3.05, 3.63) is 35.7 Å². The molecule has 3 aliphatic carbocycles. The summed E-state index contributed by atoms with van der Waals surface area (Å²) in [5.74, 6) is 3.65. The van der Waals surface area contributed by atoms with E-state index in [4.69, 9.17) is 0 Å². The second-order valence-corrected chi connectivity index (χ2v) is 11.1. The summed E-state index contributed by atoms with van der Waals surface area (Å²) in [6.45, 7) is 10.4. The van der Waals surface area contributed by atoms with Gasteiger partial charge < -0.3 is 5.32 Å². The standard InChI is InChI=1S/C26H36N2O/c1-16(2)17-11-18(14-27-13-17)21-7-8-22-20-6-5-19-15-28-24(29)12-26(19,4)23(20)9-10-25(21,22)3/h7,11,13-14,16,19-20,22-23H,5-6,8-10,12,15H2,1-4H3,(H,28,29). The number of aromatic nitrogens is 1. The SMILES string of the molecule is CC(C)c1cncc(C2=CCC3C4CCC5CNC(=O)CC5(C)C4CCC23C)c1. The topological polar surface area (TPSA) is 42.0 Å². The van der Waals surface area contributed by atoms with Gasteiger partial charge >= 0.3 is 0 Å². The number of hydrogen-bond acceptors (Lipinski definition) is 2. The predicted molar refractivity (Wildman–Crippen MR) is 117 cm³/mol. The molecule has 1 N–H and O–H groups in total. The number of nitrogens with zero attached hydrogens (tertiary/aromatic N) is 1. The van der Waals surface area contributed by atoms with Crippen molar-refractivity contribution in [2.24, 2.45) is 34.5 Å². The molecule has 0 spiro atoms. The first kappa shape index (κ1) is 19.3. The Kier molecular flexibility index (Phi) is 4.46. The van der Waals surface area contributed by atoms with Crippen LogP contribution < -0.4 is 5.32 Å². The lowest BCUT2D eigenvalue weighted by molar-refractivity contribution is -0.139. The Morgan fingerprint density at radius 3 is 2.76 bits per heavy atom. The van der Waals surface area contributed by atoms with E-state index in [2.05, 4.69) is 56.3 Å². The fraction of sp³-hybridized carbons (Fsp3) is 0.692. The van der Waals surface area contributed by atoms with Crippen molar-refractivity contribution in [2.45, 2.75) is 72.1 Å². The Balaban J connectivity index is 1.45. The van der Waals surface area contributed by atoms with Gasteiger partial charge in [-0.2, -0.15) is 0 Å². The van der Waals surface area contributed by atoms with Crippen LogP contribution in [0.25, 0.3) is 5.57 Å². The lowest BCUT2D eigenvalue weighted by Gasteiger charge is -2.59. The molecule has 1 aromatic rings. The molecule has 6 atom stereocenters. The second kappa shape index (κ2) is 6.68. The third-order valence-electron chi connectivity index (χ3n) is 9.47. The molecule has 5 rings (SSSR count). The largest absolute Gasteiger partial charge is 0.356 e. The normalized spacial score (nSPS) is 41.3. The van der Waals surface area contributed by atoms with Crippen LogP contribution in [-0.2, 0) is 4.79 Å². The van der Waals surface area contributed by atoms with Gasteiger partial charge in [-0.15, -0.1) is 0 Å². The zero-order valence-corrected chi connectivity index (χ0v) is 18.5. The molecule has 1 aliphatic heterocycles. The minimum atomic E-state index is 0.203. The number of piperidine rings is 1. The molecular formula is C26H36N2O. The van der Waals surface area contributed by atoms with Crippen molar-refractivity contribution in [1.29, 1.82) is 0 Å². The average Bonchev–Trinajstić information content (AvgIpc) is 3.04. The van der Waals surface area contributed by atoms with E-state index in [1.807, 2.05) is 6.20 Å². The Morgan fingerprint density at radius 2 is 1.97 bits per heavy atom. The van der Waals surface area contributed by atoms with Crippen LogP contribution in [0.2, 0.25) is 0 Å². The molecule has 156 valence electrons. The summed E-state index contributed by atoms with van der Waals surface area (Å²) in [5.41, 5.74) is 4.69. The lowest BCUT2D eigenvalue weighted by atomic mass is 9.46. The summed E-state index contributed by atoms with van der Waals surface area (Å²) in [6, 6.07) is 2.38. The molecule has 3 nitrogen and oxygen atoms in total. The average molecular weight is 393 g/mol. The quantitative estimate of drug-likeness (QED) is 0.714. The molecule has 0 radical (unpaired) electrons. The van der Waals surface area contributed by atoms with Crippen LogP contribution in [0.4, 0.5) is 0 Å². The third-order valence-corrected chi connectivity index (χ3v) is 9.47. The van der Waals surface area contributed by atoms with E-state index in [1.165, 1.54) is 43.2 Å². The minimum absolute atomic E-state index is 0.203. The second-order valence-electron chi connectivity index (χ2n) is 11.1. The van der Waals surface area contributed by atoms with Crippen molar-refractivity contribution in [1.82, 2.24) is 10.3 Å². The summed E-state index contributed by atoms with van der Waals surface area (Å²) in [4.78, 5) is 16.9. The van der Waals surface area contributed by atoms with E-state index in [0.717, 1.165) is 24.8 Å². The zero-order valence-electron chi connectivity index (χ0n) is 18.5. The van der Waals surface area contributed by atoms with Gasteiger partial charge in [0, 0.05) is 25.4 Å². The van der Waals surface area contributed by atoms with Gasteiger partial charge in [0.2, 0.25) is 5.91 Å². The van der Waals surface area contributed by atoms with E-state index >= 15 is 0 Å². The molecule has 0 aromatic carbocycles. The number of nitrogens with one attached hydrogen (secondary N) is 1. The molecule has 0 bridgehead atoms. The zero-order chi connectivity index (χ0) is 20.4. The number of carbonyl (C=O) groups is 1. The van der Waals surface area contributed by atoms with E-state index in [9.17, 15) is 4.79 Å². The van der Waals surface area contributed by atoms with Crippen molar-refractivity contribution in [3.63, 3.8) is 0 Å². The highest BCUT2D eigenvalue weighted by Gasteiger charge is 2.59. The van der Waals surface area contributed by atoms with Gasteiger partial charge in [0.25, 0.3) is 0 Å². The maximum Gasteiger partial charge on any atom is 0.220 e. The van der Waals surface area contributed by atoms with Crippen molar-refractivity contribution in [2.75, 3.05) is 6.54 Å².